The van der Waals surface area contributed by atoms with Gasteiger partial charge in [-0.15, -0.1) is 0 Å². The fourth-order valence-corrected chi connectivity index (χ4v) is 3.78. The molecule has 3 aromatic carbocycles. The molecule has 164 valence electrons. The second-order valence-corrected chi connectivity index (χ2v) is 7.80. The molecule has 0 saturated carbocycles. The van der Waals surface area contributed by atoms with E-state index >= 15 is 0 Å². The number of aryl methyl sites for hydroxylation is 3. The fourth-order valence-electron chi connectivity index (χ4n) is 3.78. The molecule has 0 atom stereocenters. The highest BCUT2D eigenvalue weighted by Crippen LogP contribution is 2.20. The van der Waals surface area contributed by atoms with Crippen molar-refractivity contribution in [2.75, 3.05) is 6.61 Å². The molecule has 0 bridgehead atoms. The zero-order chi connectivity index (χ0) is 22.5. The zero-order valence-electron chi connectivity index (χ0n) is 18.3. The van der Waals surface area contributed by atoms with E-state index in [1.54, 1.807) is 12.1 Å². The number of hydrogen-bond donors (Lipinski definition) is 1. The topological polar surface area (TPSA) is 56.1 Å². The first-order chi connectivity index (χ1) is 15.5. The molecule has 4 rings (SSSR count). The standard InChI is InChI=1S/C26H26FN3O2/c1-18-12-13-24(19(2)16-18)32-15-7-14-30-23-11-6-5-10-22(23)29-25(30)17-28-26(31)20-8-3-4-9-21(20)27/h3-6,8-13,16H,7,14-15,17H2,1-2H3,(H,28,31). The monoisotopic (exact) mass is 431 g/mol. The normalized spacial score (nSPS) is 11.0. The predicted molar refractivity (Wildman–Crippen MR) is 123 cm³/mol. The lowest BCUT2D eigenvalue weighted by Crippen LogP contribution is -2.25. The molecular formula is C26H26FN3O2. The molecule has 0 aliphatic heterocycles. The van der Waals surface area contributed by atoms with E-state index in [0.717, 1.165) is 34.6 Å². The van der Waals surface area contributed by atoms with Crippen molar-refractivity contribution in [3.05, 3.63) is 95.1 Å². The summed E-state index contributed by atoms with van der Waals surface area (Å²) in [7, 11) is 0. The summed E-state index contributed by atoms with van der Waals surface area (Å²) in [5.74, 6) is 0.618. The number of hydrogen-bond acceptors (Lipinski definition) is 3. The molecule has 1 amide bonds. The number of benzene rings is 3. The van der Waals surface area contributed by atoms with Crippen molar-refractivity contribution in [2.45, 2.75) is 33.4 Å². The number of halogens is 1. The Morgan fingerprint density at radius 1 is 1.06 bits per heavy atom. The van der Waals surface area contributed by atoms with Crippen LogP contribution in [0.1, 0.15) is 33.7 Å². The maximum absolute atomic E-state index is 13.9. The van der Waals surface area contributed by atoms with E-state index < -0.39 is 11.7 Å². The lowest BCUT2D eigenvalue weighted by Gasteiger charge is -2.12. The Kier molecular flexibility index (Phi) is 6.50. The molecule has 4 aromatic rings. The maximum Gasteiger partial charge on any atom is 0.254 e. The Labute approximate surface area is 186 Å². The van der Waals surface area contributed by atoms with Crippen LogP contribution in [0.15, 0.2) is 66.7 Å². The highest BCUT2D eigenvalue weighted by molar-refractivity contribution is 5.94. The van der Waals surface area contributed by atoms with Gasteiger partial charge in [0.05, 0.1) is 29.7 Å². The van der Waals surface area contributed by atoms with Crippen molar-refractivity contribution in [3.8, 4) is 5.75 Å². The molecule has 0 aliphatic carbocycles. The van der Waals surface area contributed by atoms with Gasteiger partial charge in [-0.05, 0) is 56.2 Å². The summed E-state index contributed by atoms with van der Waals surface area (Å²) in [5.41, 5.74) is 4.21. The van der Waals surface area contributed by atoms with Gasteiger partial charge in [0, 0.05) is 6.54 Å². The average molecular weight is 432 g/mol. The highest BCUT2D eigenvalue weighted by atomic mass is 19.1. The van der Waals surface area contributed by atoms with Crippen LogP contribution in [0.25, 0.3) is 11.0 Å². The summed E-state index contributed by atoms with van der Waals surface area (Å²) >= 11 is 0. The number of nitrogens with zero attached hydrogens (tertiary/aromatic N) is 2. The van der Waals surface area contributed by atoms with Crippen LogP contribution in [0.3, 0.4) is 0 Å². The smallest absolute Gasteiger partial charge is 0.254 e. The average Bonchev–Trinajstić information content (AvgIpc) is 3.14. The van der Waals surface area contributed by atoms with E-state index in [-0.39, 0.29) is 12.1 Å². The van der Waals surface area contributed by atoms with E-state index in [1.807, 2.05) is 43.3 Å². The third-order valence-corrected chi connectivity index (χ3v) is 5.37. The summed E-state index contributed by atoms with van der Waals surface area (Å²) in [5, 5.41) is 2.79. The van der Waals surface area contributed by atoms with Crippen LogP contribution < -0.4 is 10.1 Å². The maximum atomic E-state index is 13.9. The van der Waals surface area contributed by atoms with E-state index in [9.17, 15) is 9.18 Å². The van der Waals surface area contributed by atoms with Gasteiger partial charge in [-0.3, -0.25) is 4.79 Å². The van der Waals surface area contributed by atoms with Crippen LogP contribution in [0.4, 0.5) is 4.39 Å². The number of imidazole rings is 1. The van der Waals surface area contributed by atoms with E-state index in [2.05, 4.69) is 27.9 Å². The van der Waals surface area contributed by atoms with Gasteiger partial charge < -0.3 is 14.6 Å². The highest BCUT2D eigenvalue weighted by Gasteiger charge is 2.14. The third kappa shape index (κ3) is 4.80. The Bertz CT molecular complexity index is 1250. The van der Waals surface area contributed by atoms with E-state index in [0.29, 0.717) is 13.2 Å². The first kappa shape index (κ1) is 21.6. The molecule has 0 fully saturated rings. The van der Waals surface area contributed by atoms with Crippen molar-refractivity contribution in [1.29, 1.82) is 0 Å². The molecule has 1 N–H and O–H groups in total. The Balaban J connectivity index is 1.44. The quantitative estimate of drug-likeness (QED) is 0.391. The SMILES string of the molecule is Cc1ccc(OCCCn2c(CNC(=O)c3ccccc3F)nc3ccccc32)c(C)c1. The molecule has 1 aromatic heterocycles. The number of amides is 1. The summed E-state index contributed by atoms with van der Waals surface area (Å²) in [6.07, 6.45) is 0.780. The second-order valence-electron chi connectivity index (χ2n) is 7.80. The van der Waals surface area contributed by atoms with Crippen molar-refractivity contribution in [2.24, 2.45) is 0 Å². The molecule has 0 unspecified atom stereocenters. The van der Waals surface area contributed by atoms with Crippen molar-refractivity contribution in [3.63, 3.8) is 0 Å². The first-order valence-electron chi connectivity index (χ1n) is 10.7. The third-order valence-electron chi connectivity index (χ3n) is 5.37. The molecule has 0 radical (unpaired) electrons. The first-order valence-corrected chi connectivity index (χ1v) is 10.7. The van der Waals surface area contributed by atoms with Gasteiger partial charge in [0.25, 0.3) is 5.91 Å². The second kappa shape index (κ2) is 9.64. The summed E-state index contributed by atoms with van der Waals surface area (Å²) < 4.78 is 22.0. The molecule has 32 heavy (non-hydrogen) atoms. The molecule has 6 heteroatoms. The van der Waals surface area contributed by atoms with Gasteiger partial charge >= 0.3 is 0 Å². The van der Waals surface area contributed by atoms with Crippen molar-refractivity contribution in [1.82, 2.24) is 14.9 Å². The van der Waals surface area contributed by atoms with Crippen LogP contribution in [0.5, 0.6) is 5.75 Å². The number of nitrogens with one attached hydrogen (secondary N) is 1. The number of carbonyl (C=O) groups is 1. The number of carbonyl (C=O) groups excluding carboxylic acids is 1. The Morgan fingerprint density at radius 2 is 1.84 bits per heavy atom. The fraction of sp³-hybridized carbons (Fsp3) is 0.231. The molecule has 0 saturated heterocycles. The summed E-state index contributed by atoms with van der Waals surface area (Å²) in [6, 6.07) is 20.0. The van der Waals surface area contributed by atoms with Crippen LogP contribution in [0, 0.1) is 19.7 Å². The Morgan fingerprint density at radius 3 is 2.66 bits per heavy atom. The Hall–Kier alpha value is -3.67. The number of rotatable bonds is 8. The summed E-state index contributed by atoms with van der Waals surface area (Å²) in [4.78, 5) is 17.1. The van der Waals surface area contributed by atoms with Gasteiger partial charge in [0.15, 0.2) is 0 Å². The van der Waals surface area contributed by atoms with Crippen molar-refractivity contribution < 1.29 is 13.9 Å². The zero-order valence-corrected chi connectivity index (χ0v) is 18.3. The lowest BCUT2D eigenvalue weighted by molar-refractivity contribution is 0.0945. The van der Waals surface area contributed by atoms with Crippen molar-refractivity contribution >= 4 is 16.9 Å². The number of para-hydroxylation sites is 2. The molecular weight excluding hydrogens is 405 g/mol. The van der Waals surface area contributed by atoms with Gasteiger partial charge in [0.2, 0.25) is 0 Å². The number of aromatic nitrogens is 2. The van der Waals surface area contributed by atoms with Crippen LogP contribution in [-0.4, -0.2) is 22.1 Å². The minimum Gasteiger partial charge on any atom is -0.493 e. The number of ether oxygens (including phenoxy) is 1. The van der Waals surface area contributed by atoms with Crippen LogP contribution >= 0.6 is 0 Å². The minimum atomic E-state index is -0.540. The van der Waals surface area contributed by atoms with Gasteiger partial charge in [-0.2, -0.15) is 0 Å². The van der Waals surface area contributed by atoms with Crippen LogP contribution in [-0.2, 0) is 13.1 Å². The van der Waals surface area contributed by atoms with Crippen LogP contribution in [0.2, 0.25) is 0 Å². The minimum absolute atomic E-state index is 0.0250. The molecule has 5 nitrogen and oxygen atoms in total. The van der Waals surface area contributed by atoms with Gasteiger partial charge in [-0.1, -0.05) is 42.0 Å². The predicted octanol–water partition coefficient (Wildman–Crippen LogP) is 5.19. The van der Waals surface area contributed by atoms with E-state index in [1.165, 1.54) is 17.7 Å². The molecule has 1 heterocycles. The lowest BCUT2D eigenvalue weighted by atomic mass is 10.1. The molecule has 0 spiro atoms. The van der Waals surface area contributed by atoms with E-state index in [4.69, 9.17) is 4.74 Å². The van der Waals surface area contributed by atoms with Gasteiger partial charge in [0.1, 0.15) is 17.4 Å². The number of fused-ring (bicyclic) bond motifs is 1. The summed E-state index contributed by atoms with van der Waals surface area (Å²) in [6.45, 7) is 5.57. The molecule has 0 aliphatic rings. The largest absolute Gasteiger partial charge is 0.493 e. The van der Waals surface area contributed by atoms with Gasteiger partial charge in [-0.25, -0.2) is 9.37 Å².